The number of piperazine rings is 1. The highest BCUT2D eigenvalue weighted by Gasteiger charge is 2.10. The Hall–Kier alpha value is -1.66. The van der Waals surface area contributed by atoms with Crippen LogP contribution in [-0.4, -0.2) is 48.1 Å². The third-order valence-corrected chi connectivity index (χ3v) is 2.84. The maximum atomic E-state index is 9.60. The summed E-state index contributed by atoms with van der Waals surface area (Å²) in [7, 11) is 0. The number of nitrogens with zero attached hydrogens (tertiary/aromatic N) is 2. The van der Waals surface area contributed by atoms with E-state index < -0.39 is 0 Å². The van der Waals surface area contributed by atoms with Crippen molar-refractivity contribution in [3.63, 3.8) is 0 Å². The van der Waals surface area contributed by atoms with Gasteiger partial charge in [0, 0.05) is 44.6 Å². The van der Waals surface area contributed by atoms with Crippen LogP contribution in [0.3, 0.4) is 0 Å². The minimum Gasteiger partial charge on any atom is -0.462 e. The Balaban J connectivity index is 0.000000270. The molecule has 21 heavy (non-hydrogen) atoms. The molecule has 1 aromatic heterocycles. The predicted molar refractivity (Wildman–Crippen MR) is 83.7 cm³/mol. The van der Waals surface area contributed by atoms with Crippen LogP contribution in [0, 0.1) is 0 Å². The average molecular weight is 294 g/mol. The first-order chi connectivity index (χ1) is 9.90. The lowest BCUT2D eigenvalue weighted by atomic mass is 10.2. The Bertz CT molecular complexity index is 426. The van der Waals surface area contributed by atoms with Crippen LogP contribution in [-0.2, 0) is 16.1 Å². The summed E-state index contributed by atoms with van der Waals surface area (Å²) in [6.45, 7) is 11.2. The average Bonchev–Trinajstić information content (AvgIpc) is 2.39. The summed E-state index contributed by atoms with van der Waals surface area (Å²) in [5.41, 5.74) is 7.23. The van der Waals surface area contributed by atoms with E-state index in [1.807, 2.05) is 32.9 Å². The molecule has 0 spiro atoms. The van der Waals surface area contributed by atoms with Gasteiger partial charge < -0.3 is 15.8 Å². The van der Waals surface area contributed by atoms with Gasteiger partial charge in [0.1, 0.15) is 5.60 Å². The van der Waals surface area contributed by atoms with Crippen molar-refractivity contribution >= 4 is 12.2 Å². The van der Waals surface area contributed by atoms with Gasteiger partial charge in [-0.25, -0.2) is 0 Å². The summed E-state index contributed by atoms with van der Waals surface area (Å²) in [6, 6.07) is 3.77. The first-order valence-electron chi connectivity index (χ1n) is 7.15. The molecule has 1 aromatic rings. The van der Waals surface area contributed by atoms with E-state index >= 15 is 0 Å². The zero-order valence-electron chi connectivity index (χ0n) is 13.1. The molecule has 0 unspecified atom stereocenters. The maximum absolute atomic E-state index is 9.60. The van der Waals surface area contributed by atoms with Gasteiger partial charge in [-0.3, -0.25) is 14.7 Å². The topological polar surface area (TPSA) is 80.5 Å². The molecular weight excluding hydrogens is 268 g/mol. The fourth-order valence-electron chi connectivity index (χ4n) is 1.83. The monoisotopic (exact) mass is 294 g/mol. The number of rotatable bonds is 3. The number of aromatic nitrogens is 1. The standard InChI is InChI=1S/C10H16N4.C5H10O2/c11-9-1-2-13-10(7-9)8-14-5-3-12-4-6-14;1-5(2,3)7-4-6/h1-2,7,12H,3-6,8H2,(H2,11,13);4H,1-3H3. The minimum atomic E-state index is -0.318. The Morgan fingerprint density at radius 3 is 2.57 bits per heavy atom. The molecule has 0 atom stereocenters. The molecule has 0 aromatic carbocycles. The number of nitrogens with two attached hydrogens (primary N) is 1. The highest BCUT2D eigenvalue weighted by Crippen LogP contribution is 2.06. The molecule has 1 saturated heterocycles. The van der Waals surface area contributed by atoms with Gasteiger partial charge in [-0.15, -0.1) is 0 Å². The first kappa shape index (κ1) is 17.4. The molecular formula is C15H26N4O2. The van der Waals surface area contributed by atoms with E-state index in [1.165, 1.54) is 0 Å². The van der Waals surface area contributed by atoms with Crippen molar-refractivity contribution < 1.29 is 9.53 Å². The van der Waals surface area contributed by atoms with Gasteiger partial charge in [0.15, 0.2) is 0 Å². The zero-order valence-corrected chi connectivity index (χ0v) is 13.1. The molecule has 0 aliphatic carbocycles. The highest BCUT2D eigenvalue weighted by atomic mass is 16.5. The Morgan fingerprint density at radius 2 is 2.10 bits per heavy atom. The summed E-state index contributed by atoms with van der Waals surface area (Å²) in [6.07, 6.45) is 1.77. The van der Waals surface area contributed by atoms with E-state index in [2.05, 4.69) is 19.9 Å². The number of hydrogen-bond donors (Lipinski definition) is 2. The molecule has 1 aliphatic rings. The van der Waals surface area contributed by atoms with Gasteiger partial charge in [0.05, 0.1) is 5.69 Å². The second-order valence-corrected chi connectivity index (χ2v) is 5.93. The van der Waals surface area contributed by atoms with E-state index in [4.69, 9.17) is 5.73 Å². The van der Waals surface area contributed by atoms with Crippen molar-refractivity contribution in [2.75, 3.05) is 31.9 Å². The van der Waals surface area contributed by atoms with Crippen molar-refractivity contribution in [3.8, 4) is 0 Å². The van der Waals surface area contributed by atoms with E-state index in [0.717, 1.165) is 44.1 Å². The number of anilines is 1. The SMILES string of the molecule is CC(C)(C)OC=O.Nc1ccnc(CN2CCNCC2)c1. The van der Waals surface area contributed by atoms with E-state index in [1.54, 1.807) is 6.20 Å². The van der Waals surface area contributed by atoms with Gasteiger partial charge in [0.25, 0.3) is 6.47 Å². The molecule has 2 rings (SSSR count). The van der Waals surface area contributed by atoms with Crippen molar-refractivity contribution in [2.45, 2.75) is 32.9 Å². The number of carbonyl (C=O) groups excluding carboxylic acids is 1. The molecule has 1 aliphatic heterocycles. The molecule has 0 radical (unpaired) electrons. The van der Waals surface area contributed by atoms with Gasteiger partial charge >= 0.3 is 0 Å². The Labute approximate surface area is 126 Å². The lowest BCUT2D eigenvalue weighted by Crippen LogP contribution is -2.43. The number of nitrogen functional groups attached to an aromatic ring is 1. The van der Waals surface area contributed by atoms with Crippen LogP contribution in [0.4, 0.5) is 5.69 Å². The van der Waals surface area contributed by atoms with E-state index in [-0.39, 0.29) is 5.60 Å². The first-order valence-corrected chi connectivity index (χ1v) is 7.15. The minimum absolute atomic E-state index is 0.318. The lowest BCUT2D eigenvalue weighted by Gasteiger charge is -2.26. The smallest absolute Gasteiger partial charge is 0.293 e. The normalized spacial score (nSPS) is 15.8. The number of nitrogens with one attached hydrogen (secondary N) is 1. The second-order valence-electron chi connectivity index (χ2n) is 5.93. The van der Waals surface area contributed by atoms with Crippen molar-refractivity contribution in [1.82, 2.24) is 15.2 Å². The zero-order chi connectivity index (χ0) is 15.7. The summed E-state index contributed by atoms with van der Waals surface area (Å²) in [5, 5.41) is 3.33. The number of ether oxygens (including phenoxy) is 1. The quantitative estimate of drug-likeness (QED) is 0.810. The molecule has 1 fully saturated rings. The van der Waals surface area contributed by atoms with Gasteiger partial charge in [-0.05, 0) is 32.9 Å². The van der Waals surface area contributed by atoms with Crippen LogP contribution >= 0.6 is 0 Å². The third-order valence-electron chi connectivity index (χ3n) is 2.84. The summed E-state index contributed by atoms with van der Waals surface area (Å²) in [4.78, 5) is 16.3. The molecule has 6 heteroatoms. The van der Waals surface area contributed by atoms with Crippen LogP contribution in [0.2, 0.25) is 0 Å². The Morgan fingerprint density at radius 1 is 1.43 bits per heavy atom. The molecule has 0 saturated carbocycles. The van der Waals surface area contributed by atoms with Crippen molar-refractivity contribution in [2.24, 2.45) is 0 Å². The molecule has 2 heterocycles. The second kappa shape index (κ2) is 8.59. The highest BCUT2D eigenvalue weighted by molar-refractivity contribution is 5.38. The molecule has 0 bridgehead atoms. The summed E-state index contributed by atoms with van der Waals surface area (Å²) in [5.74, 6) is 0. The van der Waals surface area contributed by atoms with Gasteiger partial charge in [-0.2, -0.15) is 0 Å². The molecule has 0 amide bonds. The van der Waals surface area contributed by atoms with Crippen LogP contribution in [0.5, 0.6) is 0 Å². The van der Waals surface area contributed by atoms with Crippen molar-refractivity contribution in [1.29, 1.82) is 0 Å². The molecule has 3 N–H and O–H groups in total. The van der Waals surface area contributed by atoms with E-state index in [9.17, 15) is 4.79 Å². The fourth-order valence-corrected chi connectivity index (χ4v) is 1.83. The van der Waals surface area contributed by atoms with Gasteiger partial charge in [0.2, 0.25) is 0 Å². The number of carbonyl (C=O) groups is 1. The maximum Gasteiger partial charge on any atom is 0.293 e. The molecule has 118 valence electrons. The van der Waals surface area contributed by atoms with Gasteiger partial charge in [-0.1, -0.05) is 0 Å². The fraction of sp³-hybridized carbons (Fsp3) is 0.600. The number of pyridine rings is 1. The van der Waals surface area contributed by atoms with Crippen molar-refractivity contribution in [3.05, 3.63) is 24.0 Å². The largest absolute Gasteiger partial charge is 0.462 e. The van der Waals surface area contributed by atoms with E-state index in [0.29, 0.717) is 6.47 Å². The summed E-state index contributed by atoms with van der Waals surface area (Å²) >= 11 is 0. The third kappa shape index (κ3) is 8.27. The predicted octanol–water partition coefficient (Wildman–Crippen LogP) is 1.03. The van der Waals surface area contributed by atoms with Crippen LogP contribution in [0.1, 0.15) is 26.5 Å². The number of hydrogen-bond acceptors (Lipinski definition) is 6. The summed E-state index contributed by atoms with van der Waals surface area (Å²) < 4.78 is 4.55. The lowest BCUT2D eigenvalue weighted by molar-refractivity contribution is -0.138. The molecule has 6 nitrogen and oxygen atoms in total. The van der Waals surface area contributed by atoms with Crippen LogP contribution < -0.4 is 11.1 Å². The Kier molecular flexibility index (Phi) is 7.11. The van der Waals surface area contributed by atoms with Crippen LogP contribution in [0.25, 0.3) is 0 Å². The van der Waals surface area contributed by atoms with Crippen LogP contribution in [0.15, 0.2) is 18.3 Å².